The lowest BCUT2D eigenvalue weighted by Gasteiger charge is -2.05. The predicted octanol–water partition coefficient (Wildman–Crippen LogP) is 5.70. The number of esters is 1. The van der Waals surface area contributed by atoms with Crippen molar-refractivity contribution >= 4 is 11.9 Å². The van der Waals surface area contributed by atoms with Crippen molar-refractivity contribution in [2.24, 2.45) is 0 Å². The molecule has 0 spiro atoms. The number of rotatable bonds is 18. The van der Waals surface area contributed by atoms with E-state index >= 15 is 0 Å². The first-order chi connectivity index (χ1) is 12.7. The number of hydrogen-bond acceptors (Lipinski definition) is 3. The molecule has 0 saturated heterocycles. The summed E-state index contributed by atoms with van der Waals surface area (Å²) in [6.45, 7) is 4.35. The summed E-state index contributed by atoms with van der Waals surface area (Å²) in [6, 6.07) is 0. The number of nitrogens with one attached hydrogen (secondary N) is 1. The Kier molecular flexibility index (Phi) is 19.0. The van der Waals surface area contributed by atoms with Gasteiger partial charge in [-0.2, -0.15) is 0 Å². The highest BCUT2D eigenvalue weighted by Crippen LogP contribution is 2.09. The van der Waals surface area contributed by atoms with E-state index in [4.69, 9.17) is 4.74 Å². The molecule has 0 unspecified atom stereocenters. The van der Waals surface area contributed by atoms with Crippen LogP contribution in [0, 0.1) is 0 Å². The van der Waals surface area contributed by atoms with Gasteiger partial charge < -0.3 is 10.1 Å². The molecule has 0 bridgehead atoms. The zero-order valence-electron chi connectivity index (χ0n) is 17.2. The molecule has 0 fully saturated rings. The molecule has 0 aromatic heterocycles. The van der Waals surface area contributed by atoms with Crippen molar-refractivity contribution in [3.63, 3.8) is 0 Å². The van der Waals surface area contributed by atoms with E-state index in [1.807, 2.05) is 0 Å². The van der Waals surface area contributed by atoms with Gasteiger partial charge in [0.1, 0.15) is 6.54 Å². The average Bonchev–Trinajstić information content (AvgIpc) is 2.63. The van der Waals surface area contributed by atoms with E-state index in [2.05, 4.69) is 24.4 Å². The Labute approximate surface area is 161 Å². The SMILES string of the molecule is CCCCCCCCC=CCCCCCCCC(=O)NCC(=O)OCC. The Morgan fingerprint density at radius 2 is 1.31 bits per heavy atom. The van der Waals surface area contributed by atoms with Gasteiger partial charge in [-0.15, -0.1) is 0 Å². The van der Waals surface area contributed by atoms with Gasteiger partial charge in [0.25, 0.3) is 0 Å². The van der Waals surface area contributed by atoms with Crippen molar-refractivity contribution < 1.29 is 14.3 Å². The van der Waals surface area contributed by atoms with Gasteiger partial charge in [0.2, 0.25) is 5.91 Å². The fourth-order valence-electron chi connectivity index (χ4n) is 2.83. The Balaban J connectivity index is 3.26. The number of unbranched alkanes of at least 4 members (excludes halogenated alkanes) is 11. The van der Waals surface area contributed by atoms with E-state index in [1.54, 1.807) is 6.92 Å². The van der Waals surface area contributed by atoms with E-state index < -0.39 is 0 Å². The zero-order chi connectivity index (χ0) is 19.3. The molecule has 0 atom stereocenters. The molecule has 0 aromatic rings. The van der Waals surface area contributed by atoms with Crippen LogP contribution in [-0.4, -0.2) is 25.0 Å². The third-order valence-electron chi connectivity index (χ3n) is 4.40. The molecule has 0 aliphatic heterocycles. The summed E-state index contributed by atoms with van der Waals surface area (Å²) in [5, 5.41) is 2.59. The smallest absolute Gasteiger partial charge is 0.325 e. The van der Waals surface area contributed by atoms with Crippen LogP contribution >= 0.6 is 0 Å². The van der Waals surface area contributed by atoms with E-state index in [9.17, 15) is 9.59 Å². The molecule has 0 heterocycles. The largest absolute Gasteiger partial charge is 0.465 e. The topological polar surface area (TPSA) is 55.4 Å². The summed E-state index contributed by atoms with van der Waals surface area (Å²) in [5.41, 5.74) is 0. The molecule has 1 N–H and O–H groups in total. The quantitative estimate of drug-likeness (QED) is 0.192. The third kappa shape index (κ3) is 19.0. The first-order valence-corrected chi connectivity index (χ1v) is 10.8. The van der Waals surface area contributed by atoms with Crippen LogP contribution in [0.4, 0.5) is 0 Å². The number of amides is 1. The van der Waals surface area contributed by atoms with Crippen LogP contribution in [0.5, 0.6) is 0 Å². The van der Waals surface area contributed by atoms with E-state index in [0.717, 1.165) is 12.8 Å². The number of allylic oxidation sites excluding steroid dienone is 2. The van der Waals surface area contributed by atoms with Crippen LogP contribution < -0.4 is 5.32 Å². The normalized spacial score (nSPS) is 11.0. The van der Waals surface area contributed by atoms with Crippen LogP contribution in [0.1, 0.15) is 104 Å². The maximum atomic E-state index is 11.6. The molecule has 0 saturated carbocycles. The van der Waals surface area contributed by atoms with Crippen LogP contribution in [0.3, 0.4) is 0 Å². The van der Waals surface area contributed by atoms with Crippen molar-refractivity contribution in [3.8, 4) is 0 Å². The highest BCUT2D eigenvalue weighted by Gasteiger charge is 2.05. The summed E-state index contributed by atoms with van der Waals surface area (Å²) in [4.78, 5) is 22.7. The minimum absolute atomic E-state index is 0.0161. The molecular weight excluding hydrogens is 326 g/mol. The highest BCUT2D eigenvalue weighted by atomic mass is 16.5. The van der Waals surface area contributed by atoms with Crippen molar-refractivity contribution in [3.05, 3.63) is 12.2 Å². The van der Waals surface area contributed by atoms with E-state index in [-0.39, 0.29) is 18.4 Å². The number of carbonyl (C=O) groups excluding carboxylic acids is 2. The third-order valence-corrected chi connectivity index (χ3v) is 4.40. The molecule has 0 aromatic carbocycles. The van der Waals surface area contributed by atoms with Gasteiger partial charge in [0.05, 0.1) is 6.61 Å². The zero-order valence-corrected chi connectivity index (χ0v) is 17.2. The van der Waals surface area contributed by atoms with Crippen LogP contribution in [0.15, 0.2) is 12.2 Å². The fraction of sp³-hybridized carbons (Fsp3) is 0.818. The Morgan fingerprint density at radius 3 is 1.88 bits per heavy atom. The van der Waals surface area contributed by atoms with Gasteiger partial charge in [-0.05, 0) is 39.0 Å². The molecule has 1 amide bonds. The minimum Gasteiger partial charge on any atom is -0.465 e. The van der Waals surface area contributed by atoms with Crippen LogP contribution in [0.2, 0.25) is 0 Å². The average molecular weight is 368 g/mol. The van der Waals surface area contributed by atoms with Crippen LogP contribution in [0.25, 0.3) is 0 Å². The first kappa shape index (κ1) is 24.7. The van der Waals surface area contributed by atoms with Crippen molar-refractivity contribution in [1.29, 1.82) is 0 Å². The fourth-order valence-corrected chi connectivity index (χ4v) is 2.83. The predicted molar refractivity (Wildman–Crippen MR) is 109 cm³/mol. The summed E-state index contributed by atoms with van der Waals surface area (Å²) in [6.07, 6.45) is 21.4. The lowest BCUT2D eigenvalue weighted by molar-refractivity contribution is -0.143. The molecule has 0 radical (unpaired) electrons. The van der Waals surface area contributed by atoms with Crippen LogP contribution in [-0.2, 0) is 14.3 Å². The molecule has 4 heteroatoms. The van der Waals surface area contributed by atoms with Crippen molar-refractivity contribution in [2.75, 3.05) is 13.2 Å². The van der Waals surface area contributed by atoms with Gasteiger partial charge in [0.15, 0.2) is 0 Å². The Bertz CT molecular complexity index is 366. The minimum atomic E-state index is -0.370. The summed E-state index contributed by atoms with van der Waals surface area (Å²) >= 11 is 0. The summed E-state index contributed by atoms with van der Waals surface area (Å²) < 4.78 is 4.76. The van der Waals surface area contributed by atoms with Crippen molar-refractivity contribution in [2.45, 2.75) is 104 Å². The number of ether oxygens (including phenoxy) is 1. The monoisotopic (exact) mass is 367 g/mol. The second-order valence-corrected chi connectivity index (χ2v) is 6.92. The Hall–Kier alpha value is -1.32. The van der Waals surface area contributed by atoms with Gasteiger partial charge in [-0.25, -0.2) is 0 Å². The second-order valence-electron chi connectivity index (χ2n) is 6.92. The number of hydrogen-bond donors (Lipinski definition) is 1. The van der Waals surface area contributed by atoms with Gasteiger partial charge in [-0.3, -0.25) is 9.59 Å². The molecular formula is C22H41NO3. The van der Waals surface area contributed by atoms with E-state index in [0.29, 0.717) is 13.0 Å². The van der Waals surface area contributed by atoms with Gasteiger partial charge in [-0.1, -0.05) is 70.4 Å². The van der Waals surface area contributed by atoms with E-state index in [1.165, 1.54) is 70.6 Å². The lowest BCUT2D eigenvalue weighted by atomic mass is 10.1. The lowest BCUT2D eigenvalue weighted by Crippen LogP contribution is -2.30. The molecule has 0 aliphatic carbocycles. The maximum absolute atomic E-state index is 11.6. The standard InChI is InChI=1S/C22H41NO3/c1-3-5-6-7-8-9-10-11-12-13-14-15-16-17-18-19-21(24)23-20-22(25)26-4-2/h11-12H,3-10,13-20H2,1-2H3,(H,23,24). The summed E-state index contributed by atoms with van der Waals surface area (Å²) in [5.74, 6) is -0.430. The first-order valence-electron chi connectivity index (χ1n) is 10.8. The molecule has 26 heavy (non-hydrogen) atoms. The second kappa shape index (κ2) is 20.0. The van der Waals surface area contributed by atoms with Gasteiger partial charge >= 0.3 is 5.97 Å². The van der Waals surface area contributed by atoms with Crippen molar-refractivity contribution in [1.82, 2.24) is 5.32 Å². The maximum Gasteiger partial charge on any atom is 0.325 e. The molecule has 0 aliphatic rings. The molecule has 4 nitrogen and oxygen atoms in total. The molecule has 152 valence electrons. The summed E-state index contributed by atoms with van der Waals surface area (Å²) in [7, 11) is 0. The molecule has 0 rings (SSSR count). The Morgan fingerprint density at radius 1 is 0.769 bits per heavy atom. The van der Waals surface area contributed by atoms with Gasteiger partial charge in [0, 0.05) is 6.42 Å². The number of carbonyl (C=O) groups is 2. The highest BCUT2D eigenvalue weighted by molar-refractivity contribution is 5.81.